The van der Waals surface area contributed by atoms with Crippen molar-refractivity contribution in [2.24, 2.45) is 23.7 Å². The van der Waals surface area contributed by atoms with E-state index in [2.05, 4.69) is 4.90 Å². The van der Waals surface area contributed by atoms with Gasteiger partial charge in [-0.3, -0.25) is 24.1 Å². The summed E-state index contributed by atoms with van der Waals surface area (Å²) in [4.78, 5) is 90.0. The van der Waals surface area contributed by atoms with Crippen molar-refractivity contribution in [3.05, 3.63) is 39.9 Å². The number of nitrogens with zero attached hydrogens (tertiary/aromatic N) is 5. The summed E-state index contributed by atoms with van der Waals surface area (Å²) in [7, 11) is 5.20. The number of rotatable bonds is 13. The lowest BCUT2D eigenvalue weighted by Gasteiger charge is -2.47. The summed E-state index contributed by atoms with van der Waals surface area (Å²) in [6.07, 6.45) is -0.0663. The fraction of sp³-hybridized carbons (Fsp3) is 0.731. The third kappa shape index (κ3) is 10.8. The molecule has 0 spiro atoms. The van der Waals surface area contributed by atoms with E-state index in [1.54, 1.807) is 57.1 Å². The first-order chi connectivity index (χ1) is 33.5. The van der Waals surface area contributed by atoms with Crippen LogP contribution in [0.15, 0.2) is 23.1 Å². The van der Waals surface area contributed by atoms with Crippen molar-refractivity contribution in [1.82, 2.24) is 19.3 Å². The van der Waals surface area contributed by atoms with E-state index in [1.807, 2.05) is 30.8 Å². The number of likely N-dealkylation sites (N-methyl/N-ethyl adjacent to an activating group) is 1. The molecule has 19 heteroatoms. The van der Waals surface area contributed by atoms with E-state index in [-0.39, 0.29) is 54.3 Å². The van der Waals surface area contributed by atoms with Gasteiger partial charge in [-0.1, -0.05) is 27.7 Å². The number of amides is 1. The number of aromatic carboxylic acids is 1. The summed E-state index contributed by atoms with van der Waals surface area (Å²) in [5, 5.41) is 21.2. The molecule has 1 amide bonds. The number of carbonyl (C=O) groups excluding carboxylic acids is 4. The Labute approximate surface area is 416 Å². The van der Waals surface area contributed by atoms with Gasteiger partial charge in [-0.2, -0.15) is 0 Å². The third-order valence-corrected chi connectivity index (χ3v) is 16.3. The van der Waals surface area contributed by atoms with Crippen molar-refractivity contribution in [2.75, 3.05) is 65.4 Å². The molecule has 394 valence electrons. The molecule has 1 aromatic carbocycles. The Kier molecular flexibility index (Phi) is 16.4. The number of aliphatic hydroxyl groups is 1. The molecule has 71 heavy (non-hydrogen) atoms. The Morgan fingerprint density at radius 3 is 2.21 bits per heavy atom. The Balaban J connectivity index is 1.06. The highest BCUT2D eigenvalue weighted by Crippen LogP contribution is 2.44. The highest BCUT2D eigenvalue weighted by atomic mass is 19.1. The second kappa shape index (κ2) is 21.5. The number of hydrogen-bond acceptors (Lipinski definition) is 15. The van der Waals surface area contributed by atoms with Gasteiger partial charge in [0.15, 0.2) is 17.7 Å². The number of halogens is 1. The zero-order valence-corrected chi connectivity index (χ0v) is 43.4. The molecule has 0 unspecified atom stereocenters. The van der Waals surface area contributed by atoms with Crippen molar-refractivity contribution in [3.63, 3.8) is 0 Å². The molecule has 0 radical (unpaired) electrons. The van der Waals surface area contributed by atoms with Crippen LogP contribution in [-0.2, 0) is 38.1 Å². The lowest BCUT2D eigenvalue weighted by molar-refractivity contribution is -0.295. The monoisotopic (exact) mass is 998 g/mol. The molecular formula is C52H76FN5O13. The fourth-order valence-corrected chi connectivity index (χ4v) is 11.9. The van der Waals surface area contributed by atoms with Crippen LogP contribution in [0.4, 0.5) is 14.9 Å². The Morgan fingerprint density at radius 2 is 1.61 bits per heavy atom. The minimum absolute atomic E-state index is 0.0512. The number of carboxylic acid groups (broad SMARTS) is 1. The normalized spacial score (nSPS) is 34.9. The Hall–Kier alpha value is -4.53. The van der Waals surface area contributed by atoms with E-state index in [0.717, 1.165) is 18.9 Å². The van der Waals surface area contributed by atoms with Gasteiger partial charge >= 0.3 is 18.0 Å². The van der Waals surface area contributed by atoms with E-state index in [9.17, 15) is 39.0 Å². The smallest absolute Gasteiger partial charge is 0.410 e. The number of aromatic nitrogens is 1. The van der Waals surface area contributed by atoms with Crippen LogP contribution in [0.5, 0.6) is 0 Å². The number of piperazine rings is 1. The number of hydrogen-bond donors (Lipinski definition) is 2. The number of cyclic esters (lactones) is 1. The summed E-state index contributed by atoms with van der Waals surface area (Å²) in [6.45, 7) is 17.0. The van der Waals surface area contributed by atoms with Crippen LogP contribution in [-0.4, -0.2) is 174 Å². The van der Waals surface area contributed by atoms with Crippen LogP contribution in [0.25, 0.3) is 10.9 Å². The third-order valence-electron chi connectivity index (χ3n) is 16.3. The predicted octanol–water partition coefficient (Wildman–Crippen LogP) is 5.28. The molecule has 5 fully saturated rings. The van der Waals surface area contributed by atoms with Gasteiger partial charge in [-0.25, -0.2) is 14.0 Å². The van der Waals surface area contributed by atoms with Crippen LogP contribution in [0.3, 0.4) is 0 Å². The number of aliphatic hydroxyl groups excluding tert-OH is 1. The average molecular weight is 998 g/mol. The summed E-state index contributed by atoms with van der Waals surface area (Å²) >= 11 is 0. The standard InChI is InChI=1S/C52H76FN5O13/c1-12-40-52(8)45(30(4)41(59)28(2)26-51(7,67-11)46(31(5)42(60)32(6)48(65)69-40)70-49-44(62)39(54(9)10)23-29(3)68-49)57(50(66)71-52)18-14-13-17-55-19-21-56(22-20-55)38-25-37-34(24-36(38)53)43(61)35(47(63)64)27-58(37)33-15-16-33/h24-25,27-33,39-40,44-46,49,62H,12-23,26H2,1-11H3,(H,63,64)/t28-,29-,30+,31+,32-,39+,40-,44-,45-,46-,49+,51-,52-/m1/s1. The number of carboxylic acids is 1. The van der Waals surface area contributed by atoms with Crippen molar-refractivity contribution in [2.45, 2.75) is 160 Å². The van der Waals surface area contributed by atoms with Gasteiger partial charge in [0.05, 0.1) is 35.1 Å². The number of anilines is 1. The number of ether oxygens (including phenoxy) is 5. The molecular weight excluding hydrogens is 922 g/mol. The molecule has 2 N–H and O–H groups in total. The molecule has 1 aromatic heterocycles. The average Bonchev–Trinajstić information content (AvgIpc) is 4.14. The molecule has 1 aliphatic carbocycles. The van der Waals surface area contributed by atoms with Crippen molar-refractivity contribution >= 4 is 46.2 Å². The van der Waals surface area contributed by atoms with Crippen LogP contribution in [0.1, 0.15) is 117 Å². The first kappa shape index (κ1) is 54.2. The van der Waals surface area contributed by atoms with Crippen molar-refractivity contribution in [3.8, 4) is 0 Å². The molecule has 18 nitrogen and oxygen atoms in total. The molecule has 1 saturated carbocycles. The number of methoxy groups -OCH3 is 1. The highest BCUT2D eigenvalue weighted by molar-refractivity contribution is 6.00. The van der Waals surface area contributed by atoms with Crippen molar-refractivity contribution < 1.29 is 62.3 Å². The molecule has 5 aliphatic rings. The molecule has 4 saturated heterocycles. The van der Waals surface area contributed by atoms with Gasteiger partial charge < -0.3 is 53.2 Å². The maximum absolute atomic E-state index is 15.7. The quantitative estimate of drug-likeness (QED) is 0.149. The number of esters is 1. The number of pyridine rings is 1. The fourth-order valence-electron chi connectivity index (χ4n) is 11.9. The second-order valence-corrected chi connectivity index (χ2v) is 21.6. The van der Waals surface area contributed by atoms with Gasteiger partial charge in [0, 0.05) is 81.3 Å². The lowest BCUT2D eigenvalue weighted by atomic mass is 9.73. The topological polar surface area (TPSA) is 207 Å². The second-order valence-electron chi connectivity index (χ2n) is 21.6. The van der Waals surface area contributed by atoms with E-state index >= 15 is 4.39 Å². The van der Waals surface area contributed by atoms with E-state index in [1.165, 1.54) is 20.2 Å². The first-order valence-electron chi connectivity index (χ1n) is 25.5. The van der Waals surface area contributed by atoms with E-state index in [4.69, 9.17) is 23.7 Å². The predicted molar refractivity (Wildman–Crippen MR) is 261 cm³/mol. The molecule has 2 aromatic rings. The maximum Gasteiger partial charge on any atom is 0.410 e. The van der Waals surface area contributed by atoms with Gasteiger partial charge in [0.1, 0.15) is 35.3 Å². The highest BCUT2D eigenvalue weighted by Gasteiger charge is 2.60. The first-order valence-corrected chi connectivity index (χ1v) is 25.5. The Morgan fingerprint density at radius 1 is 0.944 bits per heavy atom. The molecule has 13 atom stereocenters. The largest absolute Gasteiger partial charge is 0.477 e. The molecule has 4 aliphatic heterocycles. The maximum atomic E-state index is 15.7. The van der Waals surface area contributed by atoms with Crippen molar-refractivity contribution in [1.29, 1.82) is 0 Å². The summed E-state index contributed by atoms with van der Waals surface area (Å²) in [6, 6.07) is 1.73. The van der Waals surface area contributed by atoms with E-state index < -0.39 is 101 Å². The summed E-state index contributed by atoms with van der Waals surface area (Å²) in [5.74, 6) is -7.15. The zero-order chi connectivity index (χ0) is 52.0. The van der Waals surface area contributed by atoms with Gasteiger partial charge in [0.2, 0.25) is 5.43 Å². The SMILES string of the molecule is CC[C@H]1OC(=O)[C@H](C)C(=O)[C@H](C)[C@@H](O[C@@H]2O[C@H](C)C[C@H](N(C)C)[C@H]2O)[C@](C)(OC)C[C@@H](C)C(=O)[C@H](C)[C@H]2N(CCCCN3CCN(c4cc5c(cc4F)c(=O)c(C(=O)O)cn5C4CC4)CC3)C(=O)O[C@]12C. The molecule has 5 heterocycles. The Bertz CT molecular complexity index is 2390. The molecule has 0 bridgehead atoms. The lowest BCUT2D eigenvalue weighted by Crippen LogP contribution is -2.60. The van der Waals surface area contributed by atoms with Gasteiger partial charge in [-0.15, -0.1) is 0 Å². The summed E-state index contributed by atoms with van der Waals surface area (Å²) in [5.41, 5.74) is -2.97. The zero-order valence-electron chi connectivity index (χ0n) is 43.4. The number of fused-ring (bicyclic) bond motifs is 2. The van der Waals surface area contributed by atoms with Crippen LogP contribution in [0.2, 0.25) is 0 Å². The van der Waals surface area contributed by atoms with Crippen LogP contribution >= 0.6 is 0 Å². The van der Waals surface area contributed by atoms with Gasteiger partial charge in [-0.05, 0) is 105 Å². The minimum atomic E-state index is -1.46. The number of carbonyl (C=O) groups is 5. The number of ketones is 2. The van der Waals surface area contributed by atoms with Crippen LogP contribution in [0, 0.1) is 29.5 Å². The van der Waals surface area contributed by atoms with Crippen LogP contribution < -0.4 is 10.3 Å². The van der Waals surface area contributed by atoms with E-state index in [0.29, 0.717) is 63.2 Å². The minimum Gasteiger partial charge on any atom is -0.477 e. The number of benzene rings is 1. The van der Waals surface area contributed by atoms with Gasteiger partial charge in [0.25, 0.3) is 0 Å². The number of unbranched alkanes of at least 4 members (excludes halogenated alkanes) is 1. The molecule has 7 rings (SSSR count). The summed E-state index contributed by atoms with van der Waals surface area (Å²) < 4.78 is 48.9. The number of Topliss-reactive ketones (excluding diaryl/α,β-unsaturated/α-hetero) is 2.